The highest BCUT2D eigenvalue weighted by Gasteiger charge is 2.08. The van der Waals surface area contributed by atoms with Gasteiger partial charge < -0.3 is 14.4 Å². The number of hydrogen-bond acceptors (Lipinski definition) is 4. The van der Waals surface area contributed by atoms with E-state index in [1.807, 2.05) is 42.0 Å². The molecule has 2 rings (SSSR count). The molecule has 0 radical (unpaired) electrons. The Labute approximate surface area is 118 Å². The SMILES string of the molecule is Cc1nccn1CC(O)COc1ccc(CC#N)cc1. The lowest BCUT2D eigenvalue weighted by atomic mass is 10.2. The number of aryl methyl sites for hydroxylation is 1. The molecule has 0 amide bonds. The van der Waals surface area contributed by atoms with Gasteiger partial charge in [0.1, 0.15) is 24.3 Å². The van der Waals surface area contributed by atoms with E-state index in [9.17, 15) is 5.11 Å². The monoisotopic (exact) mass is 271 g/mol. The standard InChI is InChI=1S/C15H17N3O2/c1-12-17-8-9-18(12)10-14(19)11-20-15-4-2-13(3-5-15)6-7-16/h2-5,8-9,14,19H,6,10-11H2,1H3. The first-order chi connectivity index (χ1) is 9.69. The van der Waals surface area contributed by atoms with Gasteiger partial charge in [0, 0.05) is 12.4 Å². The van der Waals surface area contributed by atoms with Crippen LogP contribution in [0, 0.1) is 18.3 Å². The highest BCUT2D eigenvalue weighted by Crippen LogP contribution is 2.13. The number of benzene rings is 1. The molecule has 0 aliphatic carbocycles. The lowest BCUT2D eigenvalue weighted by Gasteiger charge is -2.14. The van der Waals surface area contributed by atoms with E-state index in [1.54, 1.807) is 6.20 Å². The third kappa shape index (κ3) is 3.84. The zero-order chi connectivity index (χ0) is 14.4. The predicted octanol–water partition coefficient (Wildman–Crippen LogP) is 1.70. The van der Waals surface area contributed by atoms with Crippen LogP contribution >= 0.6 is 0 Å². The molecule has 0 saturated heterocycles. The minimum absolute atomic E-state index is 0.217. The number of nitriles is 1. The van der Waals surface area contributed by atoms with Crippen molar-refractivity contribution in [3.05, 3.63) is 48.0 Å². The summed E-state index contributed by atoms with van der Waals surface area (Å²) in [5.41, 5.74) is 0.953. The van der Waals surface area contributed by atoms with Gasteiger partial charge in [-0.1, -0.05) is 12.1 Å². The van der Waals surface area contributed by atoms with E-state index in [-0.39, 0.29) is 6.61 Å². The smallest absolute Gasteiger partial charge is 0.119 e. The van der Waals surface area contributed by atoms with Crippen molar-refractivity contribution in [2.75, 3.05) is 6.61 Å². The number of nitrogens with zero attached hydrogens (tertiary/aromatic N) is 3. The Balaban J connectivity index is 1.82. The van der Waals surface area contributed by atoms with Gasteiger partial charge in [0.2, 0.25) is 0 Å². The van der Waals surface area contributed by atoms with Gasteiger partial charge in [0.15, 0.2) is 0 Å². The molecule has 1 N–H and O–H groups in total. The number of aliphatic hydroxyl groups excluding tert-OH is 1. The molecule has 0 aliphatic heterocycles. The molecule has 1 unspecified atom stereocenters. The molecule has 0 fully saturated rings. The normalized spacial score (nSPS) is 11.8. The van der Waals surface area contributed by atoms with Crippen LogP contribution < -0.4 is 4.74 Å². The number of imidazole rings is 1. The average molecular weight is 271 g/mol. The molecule has 5 nitrogen and oxygen atoms in total. The molecule has 20 heavy (non-hydrogen) atoms. The van der Waals surface area contributed by atoms with Gasteiger partial charge in [0.05, 0.1) is 19.0 Å². The molecule has 1 atom stereocenters. The Morgan fingerprint density at radius 3 is 2.75 bits per heavy atom. The molecule has 0 spiro atoms. The molecule has 2 aromatic rings. The molecular weight excluding hydrogens is 254 g/mol. The summed E-state index contributed by atoms with van der Waals surface area (Å²) >= 11 is 0. The maximum atomic E-state index is 9.93. The van der Waals surface area contributed by atoms with Crippen molar-refractivity contribution in [2.24, 2.45) is 0 Å². The molecule has 0 bridgehead atoms. The Kier molecular flexibility index (Phi) is 4.75. The second-order valence-electron chi connectivity index (χ2n) is 4.57. The van der Waals surface area contributed by atoms with Gasteiger partial charge in [0.25, 0.3) is 0 Å². The first kappa shape index (κ1) is 14.1. The lowest BCUT2D eigenvalue weighted by molar-refractivity contribution is 0.0919. The second-order valence-corrected chi connectivity index (χ2v) is 4.57. The minimum atomic E-state index is -0.596. The number of hydrogen-bond donors (Lipinski definition) is 1. The van der Waals surface area contributed by atoms with Crippen molar-refractivity contribution in [3.63, 3.8) is 0 Å². The highest BCUT2D eigenvalue weighted by atomic mass is 16.5. The second kappa shape index (κ2) is 6.73. The van der Waals surface area contributed by atoms with E-state index in [2.05, 4.69) is 11.1 Å². The average Bonchev–Trinajstić information content (AvgIpc) is 2.84. The molecule has 1 heterocycles. The van der Waals surface area contributed by atoms with Gasteiger partial charge in [-0.25, -0.2) is 4.98 Å². The lowest BCUT2D eigenvalue weighted by Crippen LogP contribution is -2.23. The number of ether oxygens (including phenoxy) is 1. The van der Waals surface area contributed by atoms with Crippen LogP contribution in [-0.4, -0.2) is 27.4 Å². The summed E-state index contributed by atoms with van der Waals surface area (Å²) in [7, 11) is 0. The van der Waals surface area contributed by atoms with Crippen molar-refractivity contribution in [1.29, 1.82) is 5.26 Å². The van der Waals surface area contributed by atoms with Gasteiger partial charge in [-0.2, -0.15) is 5.26 Å². The molecule has 1 aromatic carbocycles. The largest absolute Gasteiger partial charge is 0.491 e. The van der Waals surface area contributed by atoms with Gasteiger partial charge in [-0.15, -0.1) is 0 Å². The third-order valence-corrected chi connectivity index (χ3v) is 2.98. The first-order valence-electron chi connectivity index (χ1n) is 6.43. The summed E-state index contributed by atoms with van der Waals surface area (Å²) < 4.78 is 7.40. The van der Waals surface area contributed by atoms with Crippen LogP contribution in [-0.2, 0) is 13.0 Å². The molecule has 0 saturated carbocycles. The van der Waals surface area contributed by atoms with E-state index in [0.29, 0.717) is 18.7 Å². The third-order valence-electron chi connectivity index (χ3n) is 2.98. The fourth-order valence-corrected chi connectivity index (χ4v) is 1.86. The van der Waals surface area contributed by atoms with Crippen LogP contribution in [0.15, 0.2) is 36.7 Å². The topological polar surface area (TPSA) is 71.1 Å². The van der Waals surface area contributed by atoms with Crippen LogP contribution in [0.2, 0.25) is 0 Å². The van der Waals surface area contributed by atoms with Crippen LogP contribution in [0.25, 0.3) is 0 Å². The highest BCUT2D eigenvalue weighted by molar-refractivity contribution is 5.28. The van der Waals surface area contributed by atoms with Crippen LogP contribution in [0.1, 0.15) is 11.4 Å². The quantitative estimate of drug-likeness (QED) is 0.868. The van der Waals surface area contributed by atoms with E-state index in [0.717, 1.165) is 11.4 Å². The maximum absolute atomic E-state index is 9.93. The molecule has 1 aromatic heterocycles. The molecule has 104 valence electrons. The van der Waals surface area contributed by atoms with E-state index >= 15 is 0 Å². The maximum Gasteiger partial charge on any atom is 0.119 e. The Morgan fingerprint density at radius 2 is 2.15 bits per heavy atom. The molecule has 0 aliphatic rings. The Morgan fingerprint density at radius 1 is 1.40 bits per heavy atom. The van der Waals surface area contributed by atoms with Gasteiger partial charge >= 0.3 is 0 Å². The van der Waals surface area contributed by atoms with Crippen LogP contribution in [0.3, 0.4) is 0 Å². The van der Waals surface area contributed by atoms with E-state index in [1.165, 1.54) is 0 Å². The molecular formula is C15H17N3O2. The van der Waals surface area contributed by atoms with Crippen LogP contribution in [0.5, 0.6) is 5.75 Å². The van der Waals surface area contributed by atoms with E-state index < -0.39 is 6.10 Å². The fourth-order valence-electron chi connectivity index (χ4n) is 1.86. The van der Waals surface area contributed by atoms with Crippen molar-refractivity contribution < 1.29 is 9.84 Å². The zero-order valence-corrected chi connectivity index (χ0v) is 11.4. The minimum Gasteiger partial charge on any atom is -0.491 e. The van der Waals surface area contributed by atoms with Crippen molar-refractivity contribution >= 4 is 0 Å². The van der Waals surface area contributed by atoms with E-state index in [4.69, 9.17) is 10.00 Å². The molecule has 5 heteroatoms. The van der Waals surface area contributed by atoms with Crippen molar-refractivity contribution in [3.8, 4) is 11.8 Å². The summed E-state index contributed by atoms with van der Waals surface area (Å²) in [6.07, 6.45) is 3.33. The number of aromatic nitrogens is 2. The summed E-state index contributed by atoms with van der Waals surface area (Å²) in [5, 5.41) is 18.5. The van der Waals surface area contributed by atoms with Gasteiger partial charge in [-0.3, -0.25) is 0 Å². The Hall–Kier alpha value is -2.32. The predicted molar refractivity (Wildman–Crippen MR) is 74.2 cm³/mol. The summed E-state index contributed by atoms with van der Waals surface area (Å²) in [6.45, 7) is 2.56. The Bertz CT molecular complexity index is 584. The van der Waals surface area contributed by atoms with Crippen LogP contribution in [0.4, 0.5) is 0 Å². The summed E-state index contributed by atoms with van der Waals surface area (Å²) in [6, 6.07) is 9.41. The summed E-state index contributed by atoms with van der Waals surface area (Å²) in [4.78, 5) is 4.10. The fraction of sp³-hybridized carbons (Fsp3) is 0.333. The number of aliphatic hydroxyl groups is 1. The summed E-state index contributed by atoms with van der Waals surface area (Å²) in [5.74, 6) is 1.55. The van der Waals surface area contributed by atoms with Crippen molar-refractivity contribution in [2.45, 2.75) is 26.0 Å². The number of rotatable bonds is 6. The van der Waals surface area contributed by atoms with Crippen molar-refractivity contribution in [1.82, 2.24) is 9.55 Å². The van der Waals surface area contributed by atoms with Gasteiger partial charge in [-0.05, 0) is 24.6 Å². The first-order valence-corrected chi connectivity index (χ1v) is 6.43. The zero-order valence-electron chi connectivity index (χ0n) is 11.4.